The summed E-state index contributed by atoms with van der Waals surface area (Å²) in [7, 11) is 1.67. The highest BCUT2D eigenvalue weighted by Crippen LogP contribution is 2.43. The van der Waals surface area contributed by atoms with Gasteiger partial charge in [-0.3, -0.25) is 13.8 Å². The van der Waals surface area contributed by atoms with Crippen LogP contribution < -0.4 is 0 Å². The molecule has 0 radical (unpaired) electrons. The van der Waals surface area contributed by atoms with Crippen molar-refractivity contribution in [3.63, 3.8) is 0 Å². The first-order chi connectivity index (χ1) is 31.1. The van der Waals surface area contributed by atoms with E-state index in [1.807, 2.05) is 21.1 Å². The molecule has 0 aliphatic heterocycles. The highest BCUT2D eigenvalue weighted by Gasteiger charge is 2.26. The second-order valence-corrected chi connectivity index (χ2v) is 21.4. The van der Waals surface area contributed by atoms with Gasteiger partial charge in [-0.1, -0.05) is 218 Å². The Kier molecular flexibility index (Phi) is 47.7. The number of unbranched alkanes of at least 4 members (excludes halogenated alkanes) is 34. The molecule has 8 nitrogen and oxygen atoms in total. The number of likely N-dealkylation sites (N-methyl/N-ethyl adjacent to an activating group) is 1. The molecule has 0 aromatic carbocycles. The zero-order chi connectivity index (χ0) is 46.9. The van der Waals surface area contributed by atoms with Gasteiger partial charge in [0.1, 0.15) is 19.3 Å². The highest BCUT2D eigenvalue weighted by atomic mass is 31.2. The van der Waals surface area contributed by atoms with E-state index in [4.69, 9.17) is 18.5 Å². The summed E-state index contributed by atoms with van der Waals surface area (Å²) in [6.07, 6.45) is 58.1. The van der Waals surface area contributed by atoms with Crippen molar-refractivity contribution in [1.82, 2.24) is 0 Å². The average molecular weight is 927 g/mol. The number of esters is 1. The normalized spacial score (nSPS) is 13.7. The van der Waals surface area contributed by atoms with E-state index in [2.05, 4.69) is 38.2 Å². The number of phosphoric acid groups is 1. The van der Waals surface area contributed by atoms with E-state index in [0.717, 1.165) is 38.5 Å². The number of nitrogens with zero attached hydrogens (tertiary/aromatic N) is 1. The van der Waals surface area contributed by atoms with Gasteiger partial charge >= 0.3 is 13.8 Å². The number of hydrogen-bond acceptors (Lipinski definition) is 6. The molecule has 0 saturated carbocycles. The van der Waals surface area contributed by atoms with Crippen LogP contribution in [-0.4, -0.2) is 75.6 Å². The smallest absolute Gasteiger partial charge is 0.457 e. The van der Waals surface area contributed by atoms with Crippen molar-refractivity contribution in [3.8, 4) is 0 Å². The quantitative estimate of drug-likeness (QED) is 0.0214. The molecule has 2 atom stereocenters. The molecule has 0 saturated heterocycles. The molecule has 380 valence electrons. The number of allylic oxidation sites excluding steroid dienone is 4. The number of phosphoric ester groups is 1. The predicted molar refractivity (Wildman–Crippen MR) is 275 cm³/mol. The molecule has 1 N–H and O–H groups in total. The zero-order valence-electron chi connectivity index (χ0n) is 43.3. The average Bonchev–Trinajstić information content (AvgIpc) is 3.25. The minimum Gasteiger partial charge on any atom is -0.457 e. The number of ether oxygens (including phenoxy) is 2. The maximum atomic E-state index is 12.8. The monoisotopic (exact) mass is 927 g/mol. The molecular formula is C55H109NO7P+. The standard InChI is InChI=1S/C55H108NO7P/c1-6-8-10-12-14-16-18-20-22-24-25-26-27-28-29-30-31-32-33-35-37-39-41-43-45-47-50-60-52-54(53-62-64(58,59)61-51-49-56(3,4)5)63-55(57)48-46-44-42-40-38-36-34-23-21-19-17-15-13-11-9-7-2/h23-25,34,54H,6-22,26-33,35-53H2,1-5H3/p+1/b25-24-,34-23-. The SMILES string of the molecule is CCCCCCCCC/C=C\CCCCCCCC(=O)OC(COCCCCCCCCCCCCCCCC/C=C\CCCCCCCCCC)COP(=O)(O)OCC[N+](C)(C)C. The first-order valence-electron chi connectivity index (χ1n) is 27.6. The maximum Gasteiger partial charge on any atom is 0.472 e. The van der Waals surface area contributed by atoms with Crippen LogP contribution in [0.5, 0.6) is 0 Å². The lowest BCUT2D eigenvalue weighted by molar-refractivity contribution is -0.870. The van der Waals surface area contributed by atoms with E-state index < -0.39 is 13.9 Å². The second kappa shape index (κ2) is 48.4. The Morgan fingerprint density at radius 1 is 0.469 bits per heavy atom. The van der Waals surface area contributed by atoms with Gasteiger partial charge in [-0.25, -0.2) is 4.57 Å². The van der Waals surface area contributed by atoms with Crippen LogP contribution in [-0.2, 0) is 27.9 Å². The van der Waals surface area contributed by atoms with E-state index in [1.54, 1.807) is 0 Å². The first kappa shape index (κ1) is 63.0. The Morgan fingerprint density at radius 3 is 1.19 bits per heavy atom. The predicted octanol–water partition coefficient (Wildman–Crippen LogP) is 17.1. The molecule has 0 aliphatic carbocycles. The molecule has 64 heavy (non-hydrogen) atoms. The highest BCUT2D eigenvalue weighted by molar-refractivity contribution is 7.47. The summed E-state index contributed by atoms with van der Waals surface area (Å²) in [6.45, 7) is 5.66. The summed E-state index contributed by atoms with van der Waals surface area (Å²) in [4.78, 5) is 23.0. The van der Waals surface area contributed by atoms with Crippen LogP contribution in [0.4, 0.5) is 0 Å². The molecule has 0 fully saturated rings. The van der Waals surface area contributed by atoms with Crippen molar-refractivity contribution >= 4 is 13.8 Å². The topological polar surface area (TPSA) is 91.3 Å². The number of carbonyl (C=O) groups excluding carboxylic acids is 1. The summed E-state index contributed by atoms with van der Waals surface area (Å²) >= 11 is 0. The zero-order valence-corrected chi connectivity index (χ0v) is 44.2. The van der Waals surface area contributed by atoms with Gasteiger partial charge in [0.2, 0.25) is 0 Å². The van der Waals surface area contributed by atoms with Crippen molar-refractivity contribution in [2.45, 2.75) is 270 Å². The van der Waals surface area contributed by atoms with Crippen molar-refractivity contribution in [2.24, 2.45) is 0 Å². The van der Waals surface area contributed by atoms with Gasteiger partial charge in [-0.2, -0.15) is 0 Å². The van der Waals surface area contributed by atoms with Crippen LogP contribution in [0.25, 0.3) is 0 Å². The van der Waals surface area contributed by atoms with Crippen LogP contribution in [0.3, 0.4) is 0 Å². The van der Waals surface area contributed by atoms with Crippen molar-refractivity contribution in [3.05, 3.63) is 24.3 Å². The second-order valence-electron chi connectivity index (χ2n) is 20.0. The number of carbonyl (C=O) groups is 1. The number of hydrogen-bond donors (Lipinski definition) is 1. The van der Waals surface area contributed by atoms with Crippen molar-refractivity contribution in [2.75, 3.05) is 54.1 Å². The molecule has 0 heterocycles. The summed E-state index contributed by atoms with van der Waals surface area (Å²) in [5.41, 5.74) is 0. The molecule has 0 spiro atoms. The largest absolute Gasteiger partial charge is 0.472 e. The lowest BCUT2D eigenvalue weighted by Gasteiger charge is -2.24. The van der Waals surface area contributed by atoms with Gasteiger partial charge in [0.25, 0.3) is 0 Å². The van der Waals surface area contributed by atoms with Gasteiger partial charge in [0, 0.05) is 13.0 Å². The van der Waals surface area contributed by atoms with E-state index in [1.165, 1.54) is 205 Å². The molecule has 0 amide bonds. The van der Waals surface area contributed by atoms with Gasteiger partial charge in [-0.15, -0.1) is 0 Å². The molecule has 0 aliphatic rings. The van der Waals surface area contributed by atoms with E-state index in [-0.39, 0.29) is 25.8 Å². The molecular weight excluding hydrogens is 818 g/mol. The number of rotatable bonds is 52. The minimum absolute atomic E-state index is 0.0891. The van der Waals surface area contributed by atoms with E-state index in [9.17, 15) is 14.3 Å². The third-order valence-corrected chi connectivity index (χ3v) is 13.2. The molecule has 2 unspecified atom stereocenters. The van der Waals surface area contributed by atoms with Crippen LogP contribution in [0.1, 0.15) is 264 Å². The lowest BCUT2D eigenvalue weighted by atomic mass is 10.0. The third-order valence-electron chi connectivity index (χ3n) is 12.2. The van der Waals surface area contributed by atoms with Gasteiger partial charge < -0.3 is 18.9 Å². The van der Waals surface area contributed by atoms with Gasteiger partial charge in [0.05, 0.1) is 34.4 Å². The Hall–Kier alpha value is -1.02. The van der Waals surface area contributed by atoms with Crippen LogP contribution in [0.15, 0.2) is 24.3 Å². The molecule has 9 heteroatoms. The molecule has 0 aromatic heterocycles. The van der Waals surface area contributed by atoms with Crippen LogP contribution >= 0.6 is 7.82 Å². The summed E-state index contributed by atoms with van der Waals surface area (Å²) in [5, 5.41) is 0. The fraction of sp³-hybridized carbons (Fsp3) is 0.909. The van der Waals surface area contributed by atoms with E-state index in [0.29, 0.717) is 24.1 Å². The Labute approximate surface area is 398 Å². The summed E-state index contributed by atoms with van der Waals surface area (Å²) in [5.74, 6) is -0.317. The molecule has 0 bridgehead atoms. The third kappa shape index (κ3) is 52.0. The Morgan fingerprint density at radius 2 is 0.812 bits per heavy atom. The van der Waals surface area contributed by atoms with Gasteiger partial charge in [-0.05, 0) is 64.2 Å². The molecule has 0 aromatic rings. The summed E-state index contributed by atoms with van der Waals surface area (Å²) < 4.78 is 35.2. The fourth-order valence-electron chi connectivity index (χ4n) is 7.96. The lowest BCUT2D eigenvalue weighted by Crippen LogP contribution is -2.37. The Balaban J connectivity index is 4.03. The van der Waals surface area contributed by atoms with E-state index >= 15 is 0 Å². The summed E-state index contributed by atoms with van der Waals surface area (Å²) in [6, 6.07) is 0. The van der Waals surface area contributed by atoms with Crippen LogP contribution in [0.2, 0.25) is 0 Å². The number of quaternary nitrogens is 1. The first-order valence-corrected chi connectivity index (χ1v) is 29.1. The van der Waals surface area contributed by atoms with Crippen LogP contribution in [0, 0.1) is 0 Å². The van der Waals surface area contributed by atoms with Crippen molar-refractivity contribution in [1.29, 1.82) is 0 Å². The molecule has 0 rings (SSSR count). The Bertz CT molecular complexity index is 1080. The maximum absolute atomic E-state index is 12.8. The van der Waals surface area contributed by atoms with Gasteiger partial charge in [0.15, 0.2) is 0 Å². The fourth-order valence-corrected chi connectivity index (χ4v) is 8.70. The minimum atomic E-state index is -4.28. The van der Waals surface area contributed by atoms with Crippen molar-refractivity contribution < 1.29 is 37.3 Å².